The summed E-state index contributed by atoms with van der Waals surface area (Å²) in [6, 6.07) is 16.7. The minimum Gasteiger partial charge on any atom is -0.355 e. The first kappa shape index (κ1) is 23.9. The largest absolute Gasteiger partial charge is 0.355 e. The summed E-state index contributed by atoms with van der Waals surface area (Å²) in [6.45, 7) is 7.46. The summed E-state index contributed by atoms with van der Waals surface area (Å²) in [6.07, 6.45) is 0.211. The molecular formula is C23H31ClN4O2. The molecule has 3 rings (SSSR count). The molecule has 0 spiro atoms. The van der Waals surface area contributed by atoms with Gasteiger partial charge in [0.1, 0.15) is 0 Å². The molecule has 0 saturated carbocycles. The highest BCUT2D eigenvalue weighted by atomic mass is 35.5. The monoisotopic (exact) mass is 430 g/mol. The molecule has 1 aliphatic heterocycles. The number of carbonyl (C=O) groups is 2. The molecule has 0 radical (unpaired) electrons. The molecule has 2 aromatic rings. The van der Waals surface area contributed by atoms with Crippen LogP contribution in [0.4, 0.5) is 0 Å². The molecule has 30 heavy (non-hydrogen) atoms. The van der Waals surface area contributed by atoms with Gasteiger partial charge in [-0.15, -0.1) is 12.4 Å². The molecule has 1 saturated heterocycles. The molecule has 1 heterocycles. The minimum absolute atomic E-state index is 0. The van der Waals surface area contributed by atoms with E-state index in [0.29, 0.717) is 12.1 Å². The summed E-state index contributed by atoms with van der Waals surface area (Å²) >= 11 is 0. The van der Waals surface area contributed by atoms with Crippen LogP contribution in [0.3, 0.4) is 0 Å². The van der Waals surface area contributed by atoms with Crippen LogP contribution >= 0.6 is 12.4 Å². The lowest BCUT2D eigenvalue weighted by Gasteiger charge is -2.27. The second-order valence-corrected chi connectivity index (χ2v) is 7.45. The van der Waals surface area contributed by atoms with E-state index in [-0.39, 0.29) is 36.7 Å². The van der Waals surface area contributed by atoms with Gasteiger partial charge in [-0.3, -0.25) is 14.5 Å². The van der Waals surface area contributed by atoms with Crippen LogP contribution in [0.5, 0.6) is 0 Å². The van der Waals surface area contributed by atoms with Crippen molar-refractivity contribution < 1.29 is 9.59 Å². The Labute approximate surface area is 184 Å². The van der Waals surface area contributed by atoms with Crippen molar-refractivity contribution in [1.29, 1.82) is 0 Å². The molecular weight excluding hydrogens is 400 g/mol. The van der Waals surface area contributed by atoms with Gasteiger partial charge in [-0.05, 0) is 24.6 Å². The van der Waals surface area contributed by atoms with Crippen LogP contribution < -0.4 is 16.0 Å². The van der Waals surface area contributed by atoms with Crippen LogP contribution in [0.1, 0.15) is 33.9 Å². The van der Waals surface area contributed by atoms with Crippen molar-refractivity contribution in [2.45, 2.75) is 19.4 Å². The van der Waals surface area contributed by atoms with Crippen molar-refractivity contribution in [2.24, 2.45) is 0 Å². The van der Waals surface area contributed by atoms with Gasteiger partial charge in [0.15, 0.2) is 0 Å². The number of hydrogen-bond donors (Lipinski definition) is 3. The lowest BCUT2D eigenvalue weighted by Crippen LogP contribution is -2.46. The third-order valence-corrected chi connectivity index (χ3v) is 5.17. The van der Waals surface area contributed by atoms with Crippen LogP contribution in [-0.4, -0.2) is 56.0 Å². The first-order valence-electron chi connectivity index (χ1n) is 10.2. The Bertz CT molecular complexity index is 793. The Kier molecular flexibility index (Phi) is 9.80. The molecule has 6 nitrogen and oxygen atoms in total. The zero-order chi connectivity index (χ0) is 20.5. The van der Waals surface area contributed by atoms with E-state index in [1.807, 2.05) is 49.4 Å². The Morgan fingerprint density at radius 1 is 1.03 bits per heavy atom. The normalized spacial score (nSPS) is 15.0. The molecule has 2 aromatic carbocycles. The summed E-state index contributed by atoms with van der Waals surface area (Å²) in [5, 5.41) is 9.34. The van der Waals surface area contributed by atoms with Gasteiger partial charge in [-0.2, -0.15) is 0 Å². The number of halogens is 1. The van der Waals surface area contributed by atoms with E-state index >= 15 is 0 Å². The van der Waals surface area contributed by atoms with E-state index in [9.17, 15) is 9.59 Å². The Morgan fingerprint density at radius 2 is 1.70 bits per heavy atom. The van der Waals surface area contributed by atoms with E-state index in [4.69, 9.17) is 0 Å². The zero-order valence-corrected chi connectivity index (χ0v) is 18.2. The standard InChI is InChI=1S/C23H30N4O2.ClH/c1-18-7-9-20(10-8-18)23(29)26-21(19-5-3-2-4-6-19)17-22(28)25-13-16-27-14-11-24-12-15-27;/h2-10,21,24H,11-17H2,1H3,(H,25,28)(H,26,29);1H. The number of carbonyl (C=O) groups excluding carboxylic acids is 2. The van der Waals surface area contributed by atoms with Gasteiger partial charge >= 0.3 is 0 Å². The maximum Gasteiger partial charge on any atom is 0.251 e. The van der Waals surface area contributed by atoms with Gasteiger partial charge in [0.25, 0.3) is 5.91 Å². The number of nitrogens with one attached hydrogen (secondary N) is 3. The van der Waals surface area contributed by atoms with Gasteiger partial charge in [0, 0.05) is 44.8 Å². The molecule has 3 N–H and O–H groups in total. The molecule has 0 aliphatic carbocycles. The number of hydrogen-bond acceptors (Lipinski definition) is 4. The topological polar surface area (TPSA) is 73.5 Å². The number of piperazine rings is 1. The Balaban J connectivity index is 0.00000320. The molecule has 0 aromatic heterocycles. The van der Waals surface area contributed by atoms with Crippen LogP contribution in [0.15, 0.2) is 54.6 Å². The van der Waals surface area contributed by atoms with E-state index in [0.717, 1.165) is 43.9 Å². The maximum atomic E-state index is 12.7. The predicted molar refractivity (Wildman–Crippen MR) is 122 cm³/mol. The third kappa shape index (κ3) is 7.44. The SMILES string of the molecule is Cc1ccc(C(=O)NC(CC(=O)NCCN2CCNCC2)c2ccccc2)cc1.Cl. The molecule has 1 fully saturated rings. The van der Waals surface area contributed by atoms with Crippen molar-refractivity contribution in [3.8, 4) is 0 Å². The fraction of sp³-hybridized carbons (Fsp3) is 0.391. The number of nitrogens with zero attached hydrogens (tertiary/aromatic N) is 1. The van der Waals surface area contributed by atoms with Crippen molar-refractivity contribution in [1.82, 2.24) is 20.9 Å². The van der Waals surface area contributed by atoms with E-state index in [1.165, 1.54) is 0 Å². The molecule has 7 heteroatoms. The predicted octanol–water partition coefficient (Wildman–Crippen LogP) is 2.30. The second kappa shape index (κ2) is 12.3. The molecule has 1 atom stereocenters. The van der Waals surface area contributed by atoms with Gasteiger partial charge in [0.05, 0.1) is 12.5 Å². The van der Waals surface area contributed by atoms with Crippen LogP contribution in [0.25, 0.3) is 0 Å². The van der Waals surface area contributed by atoms with Gasteiger partial charge in [-0.1, -0.05) is 48.0 Å². The summed E-state index contributed by atoms with van der Waals surface area (Å²) in [5.41, 5.74) is 2.62. The highest BCUT2D eigenvalue weighted by Gasteiger charge is 2.19. The fourth-order valence-electron chi connectivity index (χ4n) is 3.43. The van der Waals surface area contributed by atoms with E-state index in [1.54, 1.807) is 12.1 Å². The van der Waals surface area contributed by atoms with Crippen LogP contribution in [0, 0.1) is 6.92 Å². The second-order valence-electron chi connectivity index (χ2n) is 7.45. The molecule has 162 valence electrons. The molecule has 1 unspecified atom stereocenters. The van der Waals surface area contributed by atoms with E-state index in [2.05, 4.69) is 20.9 Å². The summed E-state index contributed by atoms with van der Waals surface area (Å²) < 4.78 is 0. The highest BCUT2D eigenvalue weighted by molar-refractivity contribution is 5.94. The minimum atomic E-state index is -0.371. The van der Waals surface area contributed by atoms with Crippen molar-refractivity contribution in [2.75, 3.05) is 39.3 Å². The maximum absolute atomic E-state index is 12.7. The van der Waals surface area contributed by atoms with Crippen LogP contribution in [-0.2, 0) is 4.79 Å². The van der Waals surface area contributed by atoms with Gasteiger partial charge < -0.3 is 16.0 Å². The lowest BCUT2D eigenvalue weighted by atomic mass is 10.0. The van der Waals surface area contributed by atoms with Crippen molar-refractivity contribution in [3.63, 3.8) is 0 Å². The van der Waals surface area contributed by atoms with Crippen molar-refractivity contribution >= 4 is 24.2 Å². The van der Waals surface area contributed by atoms with Gasteiger partial charge in [0.2, 0.25) is 5.91 Å². The average Bonchev–Trinajstić information content (AvgIpc) is 2.75. The van der Waals surface area contributed by atoms with Gasteiger partial charge in [-0.25, -0.2) is 0 Å². The number of aryl methyl sites for hydroxylation is 1. The average molecular weight is 431 g/mol. The zero-order valence-electron chi connectivity index (χ0n) is 17.4. The smallest absolute Gasteiger partial charge is 0.251 e. The highest BCUT2D eigenvalue weighted by Crippen LogP contribution is 2.17. The van der Waals surface area contributed by atoms with Crippen molar-refractivity contribution in [3.05, 3.63) is 71.3 Å². The first-order valence-corrected chi connectivity index (χ1v) is 10.2. The third-order valence-electron chi connectivity index (χ3n) is 5.17. The Hall–Kier alpha value is -2.41. The quantitative estimate of drug-likeness (QED) is 0.600. The molecule has 1 aliphatic rings. The fourth-order valence-corrected chi connectivity index (χ4v) is 3.43. The first-order chi connectivity index (χ1) is 14.1. The molecule has 2 amide bonds. The number of benzene rings is 2. The summed E-state index contributed by atoms with van der Waals surface area (Å²) in [5.74, 6) is -0.231. The summed E-state index contributed by atoms with van der Waals surface area (Å²) in [7, 11) is 0. The summed E-state index contributed by atoms with van der Waals surface area (Å²) in [4.78, 5) is 27.6. The lowest BCUT2D eigenvalue weighted by molar-refractivity contribution is -0.121. The number of rotatable bonds is 8. The van der Waals surface area contributed by atoms with E-state index < -0.39 is 0 Å². The number of amides is 2. The Morgan fingerprint density at radius 3 is 2.37 bits per heavy atom. The van der Waals surface area contributed by atoms with Crippen LogP contribution in [0.2, 0.25) is 0 Å². The molecule has 0 bridgehead atoms.